The molecule has 1 atom stereocenters. The molecule has 1 aromatic heterocycles. The number of pyridine rings is 1. The van der Waals surface area contributed by atoms with E-state index in [1.165, 1.54) is 16.7 Å². The highest BCUT2D eigenvalue weighted by Gasteiger charge is 2.21. The Bertz CT molecular complexity index is 730. The van der Waals surface area contributed by atoms with Crippen LogP contribution < -0.4 is 4.90 Å². The second kappa shape index (κ2) is 8.81. The molecule has 0 radical (unpaired) electrons. The number of rotatable bonds is 7. The van der Waals surface area contributed by atoms with E-state index in [4.69, 9.17) is 9.84 Å². The predicted molar refractivity (Wildman–Crippen MR) is 102 cm³/mol. The number of carboxylic acid groups (broad SMARTS) is 1. The van der Waals surface area contributed by atoms with Gasteiger partial charge in [0.25, 0.3) is 0 Å². The number of carboxylic acids is 1. The van der Waals surface area contributed by atoms with Crippen LogP contribution in [0.3, 0.4) is 0 Å². The summed E-state index contributed by atoms with van der Waals surface area (Å²) in [5.74, 6) is -0.773. The molecule has 5 heteroatoms. The first-order valence-corrected chi connectivity index (χ1v) is 9.18. The number of hydrogen-bond acceptors (Lipinski definition) is 4. The molecule has 2 heterocycles. The summed E-state index contributed by atoms with van der Waals surface area (Å²) in [6.07, 6.45) is 6.43. The Morgan fingerprint density at radius 1 is 1.23 bits per heavy atom. The molecule has 26 heavy (non-hydrogen) atoms. The monoisotopic (exact) mass is 354 g/mol. The third kappa shape index (κ3) is 5.30. The number of carbonyl (C=O) groups is 1. The summed E-state index contributed by atoms with van der Waals surface area (Å²) in [4.78, 5) is 17.4. The van der Waals surface area contributed by atoms with Gasteiger partial charge >= 0.3 is 5.97 Å². The van der Waals surface area contributed by atoms with Crippen molar-refractivity contribution >= 4 is 11.7 Å². The van der Waals surface area contributed by atoms with E-state index >= 15 is 0 Å². The highest BCUT2D eigenvalue weighted by Crippen LogP contribution is 2.20. The second-order valence-electron chi connectivity index (χ2n) is 6.91. The van der Waals surface area contributed by atoms with Crippen molar-refractivity contribution in [2.24, 2.45) is 0 Å². The molecule has 1 aliphatic rings. The van der Waals surface area contributed by atoms with Crippen LogP contribution in [0.5, 0.6) is 0 Å². The Morgan fingerprint density at radius 2 is 2.00 bits per heavy atom. The van der Waals surface area contributed by atoms with Gasteiger partial charge in [0, 0.05) is 25.7 Å². The van der Waals surface area contributed by atoms with E-state index in [1.54, 1.807) is 0 Å². The van der Waals surface area contributed by atoms with Crippen molar-refractivity contribution in [3.05, 3.63) is 59.4 Å². The number of aryl methyl sites for hydroxylation is 3. The smallest absolute Gasteiger partial charge is 0.303 e. The summed E-state index contributed by atoms with van der Waals surface area (Å²) >= 11 is 0. The van der Waals surface area contributed by atoms with Crippen molar-refractivity contribution < 1.29 is 14.6 Å². The molecule has 0 spiro atoms. The van der Waals surface area contributed by atoms with Gasteiger partial charge in [0.05, 0.1) is 24.6 Å². The van der Waals surface area contributed by atoms with Crippen LogP contribution in [0.1, 0.15) is 29.5 Å². The van der Waals surface area contributed by atoms with Crippen LogP contribution >= 0.6 is 0 Å². The summed E-state index contributed by atoms with van der Waals surface area (Å²) in [6, 6.07) is 10.9. The molecule has 0 bridgehead atoms. The zero-order chi connectivity index (χ0) is 18.4. The standard InChI is InChI=1S/C21H26N2O3/c1-16-2-4-17(5-3-16)6-7-18-12-19(14-22-13-18)23-10-11-26-20(15-23)8-9-21(24)25/h2-5,12-14,20H,6-11,15H2,1H3,(H,24,25). The van der Waals surface area contributed by atoms with E-state index in [1.807, 2.05) is 12.4 Å². The first-order chi connectivity index (χ1) is 12.6. The number of nitrogens with zero attached hydrogens (tertiary/aromatic N) is 2. The van der Waals surface area contributed by atoms with Gasteiger partial charge in [-0.25, -0.2) is 0 Å². The maximum absolute atomic E-state index is 10.8. The zero-order valence-electron chi connectivity index (χ0n) is 15.2. The molecule has 0 aliphatic carbocycles. The zero-order valence-corrected chi connectivity index (χ0v) is 15.2. The molecule has 1 aliphatic heterocycles. The minimum Gasteiger partial charge on any atom is -0.481 e. The van der Waals surface area contributed by atoms with Crippen LogP contribution in [0.25, 0.3) is 0 Å². The molecular formula is C21H26N2O3. The van der Waals surface area contributed by atoms with Crippen LogP contribution in [0.15, 0.2) is 42.7 Å². The first-order valence-electron chi connectivity index (χ1n) is 9.18. The molecule has 1 unspecified atom stereocenters. The average molecular weight is 354 g/mol. The van der Waals surface area contributed by atoms with Crippen LogP contribution in [-0.2, 0) is 22.4 Å². The van der Waals surface area contributed by atoms with Gasteiger partial charge in [-0.1, -0.05) is 29.8 Å². The lowest BCUT2D eigenvalue weighted by molar-refractivity contribution is -0.137. The number of benzene rings is 1. The van der Waals surface area contributed by atoms with Crippen LogP contribution in [0.4, 0.5) is 5.69 Å². The largest absolute Gasteiger partial charge is 0.481 e. The topological polar surface area (TPSA) is 62.7 Å². The average Bonchev–Trinajstić information content (AvgIpc) is 2.66. The van der Waals surface area contributed by atoms with Crippen molar-refractivity contribution in [3.8, 4) is 0 Å². The number of anilines is 1. The molecule has 0 saturated carbocycles. The highest BCUT2D eigenvalue weighted by atomic mass is 16.5. The summed E-state index contributed by atoms with van der Waals surface area (Å²) in [5, 5.41) is 8.85. The molecule has 0 amide bonds. The Balaban J connectivity index is 1.59. The fourth-order valence-corrected chi connectivity index (χ4v) is 3.24. The Kier molecular flexibility index (Phi) is 6.23. The molecule has 1 fully saturated rings. The van der Waals surface area contributed by atoms with Gasteiger partial charge in [-0.2, -0.15) is 0 Å². The third-order valence-electron chi connectivity index (χ3n) is 4.79. The van der Waals surface area contributed by atoms with Crippen molar-refractivity contribution in [2.45, 2.75) is 38.7 Å². The lowest BCUT2D eigenvalue weighted by Crippen LogP contribution is -2.42. The van der Waals surface area contributed by atoms with E-state index in [-0.39, 0.29) is 12.5 Å². The molecule has 138 valence electrons. The number of ether oxygens (including phenoxy) is 1. The number of hydrogen-bond donors (Lipinski definition) is 1. The lowest BCUT2D eigenvalue weighted by atomic mass is 10.0. The maximum atomic E-state index is 10.8. The summed E-state index contributed by atoms with van der Waals surface area (Å²) < 4.78 is 5.70. The van der Waals surface area contributed by atoms with Crippen LogP contribution in [0, 0.1) is 6.92 Å². The van der Waals surface area contributed by atoms with E-state index in [0.29, 0.717) is 13.0 Å². The maximum Gasteiger partial charge on any atom is 0.303 e. The van der Waals surface area contributed by atoms with Gasteiger partial charge in [-0.3, -0.25) is 9.78 Å². The second-order valence-corrected chi connectivity index (χ2v) is 6.91. The minimum absolute atomic E-state index is 0.0314. The lowest BCUT2D eigenvalue weighted by Gasteiger charge is -2.34. The van der Waals surface area contributed by atoms with E-state index < -0.39 is 5.97 Å². The number of aliphatic carboxylic acids is 1. The Labute approximate surface area is 154 Å². The van der Waals surface area contributed by atoms with E-state index in [0.717, 1.165) is 31.6 Å². The fourth-order valence-electron chi connectivity index (χ4n) is 3.24. The molecule has 5 nitrogen and oxygen atoms in total. The minimum atomic E-state index is -0.773. The van der Waals surface area contributed by atoms with Gasteiger partial charge < -0.3 is 14.7 Å². The number of morpholine rings is 1. The molecular weight excluding hydrogens is 328 g/mol. The Hall–Kier alpha value is -2.40. The summed E-state index contributed by atoms with van der Waals surface area (Å²) in [7, 11) is 0. The fraction of sp³-hybridized carbons (Fsp3) is 0.429. The molecule has 1 saturated heterocycles. The van der Waals surface area contributed by atoms with Crippen molar-refractivity contribution in [3.63, 3.8) is 0 Å². The van der Waals surface area contributed by atoms with E-state index in [9.17, 15) is 4.79 Å². The SMILES string of the molecule is Cc1ccc(CCc2cncc(N3CCOC(CCC(=O)O)C3)c2)cc1. The highest BCUT2D eigenvalue weighted by molar-refractivity contribution is 5.66. The van der Waals surface area contributed by atoms with Crippen molar-refractivity contribution in [1.29, 1.82) is 0 Å². The van der Waals surface area contributed by atoms with Gasteiger partial charge in [-0.05, 0) is 43.4 Å². The van der Waals surface area contributed by atoms with Gasteiger partial charge in [-0.15, -0.1) is 0 Å². The molecule has 3 rings (SSSR count). The van der Waals surface area contributed by atoms with Crippen LogP contribution in [0.2, 0.25) is 0 Å². The van der Waals surface area contributed by atoms with Crippen molar-refractivity contribution in [2.75, 3.05) is 24.6 Å². The van der Waals surface area contributed by atoms with Gasteiger partial charge in [0.1, 0.15) is 0 Å². The summed E-state index contributed by atoms with van der Waals surface area (Å²) in [5.41, 5.74) is 4.93. The van der Waals surface area contributed by atoms with E-state index in [2.05, 4.69) is 47.1 Å². The molecule has 1 N–H and O–H groups in total. The molecule has 2 aromatic rings. The normalized spacial score (nSPS) is 17.3. The third-order valence-corrected chi connectivity index (χ3v) is 4.79. The van der Waals surface area contributed by atoms with Gasteiger partial charge in [0.15, 0.2) is 0 Å². The molecule has 1 aromatic carbocycles. The Morgan fingerprint density at radius 3 is 2.77 bits per heavy atom. The van der Waals surface area contributed by atoms with Gasteiger partial charge in [0.2, 0.25) is 0 Å². The summed E-state index contributed by atoms with van der Waals surface area (Å²) in [6.45, 7) is 4.25. The number of aromatic nitrogens is 1. The first kappa shape index (κ1) is 18.4. The predicted octanol–water partition coefficient (Wildman–Crippen LogP) is 3.25. The van der Waals surface area contributed by atoms with Crippen LogP contribution in [-0.4, -0.2) is 41.9 Å². The quantitative estimate of drug-likeness (QED) is 0.827. The van der Waals surface area contributed by atoms with Crippen molar-refractivity contribution in [1.82, 2.24) is 4.98 Å².